The number of aromatic nitrogens is 2. The van der Waals surface area contributed by atoms with Gasteiger partial charge in [-0.1, -0.05) is 41.9 Å². The summed E-state index contributed by atoms with van der Waals surface area (Å²) in [6.45, 7) is 3.03. The van der Waals surface area contributed by atoms with E-state index in [1.807, 2.05) is 36.4 Å². The molecule has 0 atom stereocenters. The Balaban J connectivity index is 1.61. The molecule has 0 amide bonds. The highest BCUT2D eigenvalue weighted by atomic mass is 35.5. The van der Waals surface area contributed by atoms with Crippen LogP contribution in [0.5, 0.6) is 0 Å². The third kappa shape index (κ3) is 3.99. The molecule has 0 saturated carbocycles. The van der Waals surface area contributed by atoms with Crippen LogP contribution in [0.25, 0.3) is 11.0 Å². The maximum absolute atomic E-state index is 11.2. The van der Waals surface area contributed by atoms with Crippen LogP contribution in [-0.4, -0.2) is 38.6 Å². The number of aliphatic carboxylic acids is 1. The highest BCUT2D eigenvalue weighted by Crippen LogP contribution is 2.24. The molecule has 3 aromatic rings. The summed E-state index contributed by atoms with van der Waals surface area (Å²) in [7, 11) is 0. The van der Waals surface area contributed by atoms with Gasteiger partial charge in [0.2, 0.25) is 0 Å². The van der Waals surface area contributed by atoms with Gasteiger partial charge in [-0.3, -0.25) is 9.69 Å². The van der Waals surface area contributed by atoms with E-state index in [9.17, 15) is 9.90 Å². The number of benzene rings is 2. The van der Waals surface area contributed by atoms with Gasteiger partial charge in [0.05, 0.1) is 23.5 Å². The molecule has 0 radical (unpaired) electrons. The molecule has 2 aromatic carbocycles. The minimum absolute atomic E-state index is 0.219. The Morgan fingerprint density at radius 3 is 2.56 bits per heavy atom. The van der Waals surface area contributed by atoms with Crippen molar-refractivity contribution in [1.82, 2.24) is 14.5 Å². The molecule has 1 aromatic heterocycles. The zero-order valence-electron chi connectivity index (χ0n) is 15.0. The van der Waals surface area contributed by atoms with Gasteiger partial charge in [-0.15, -0.1) is 0 Å². The summed E-state index contributed by atoms with van der Waals surface area (Å²) in [5.41, 5.74) is 3.19. The maximum atomic E-state index is 11.2. The van der Waals surface area contributed by atoms with E-state index in [0.29, 0.717) is 24.4 Å². The molecule has 1 fully saturated rings. The second kappa shape index (κ2) is 7.71. The van der Waals surface area contributed by atoms with Crippen LogP contribution in [0.4, 0.5) is 0 Å². The Bertz CT molecular complexity index is 947. The van der Waals surface area contributed by atoms with Gasteiger partial charge in [0.25, 0.3) is 0 Å². The highest BCUT2D eigenvalue weighted by molar-refractivity contribution is 6.31. The standard InChI is InChI=1S/C21H22ClN3O2/c22-17-6-7-19-18(12-17)23-20(25(19)13-15-4-2-1-3-5-15)14-24-10-8-16(9-11-24)21(26)27/h1-7,12,16H,8-11,13-14H2,(H,26,27). The normalized spacial score (nSPS) is 16.0. The minimum atomic E-state index is -0.680. The van der Waals surface area contributed by atoms with E-state index in [2.05, 4.69) is 21.6 Å². The van der Waals surface area contributed by atoms with E-state index in [1.165, 1.54) is 5.56 Å². The van der Waals surface area contributed by atoms with Crippen molar-refractivity contribution in [3.8, 4) is 0 Å². The number of carboxylic acids is 1. The molecule has 2 heterocycles. The average molecular weight is 384 g/mol. The van der Waals surface area contributed by atoms with E-state index in [4.69, 9.17) is 16.6 Å². The Morgan fingerprint density at radius 1 is 1.11 bits per heavy atom. The fraction of sp³-hybridized carbons (Fsp3) is 0.333. The lowest BCUT2D eigenvalue weighted by Crippen LogP contribution is -2.36. The van der Waals surface area contributed by atoms with Crippen LogP contribution < -0.4 is 0 Å². The number of hydrogen-bond donors (Lipinski definition) is 1. The summed E-state index contributed by atoms with van der Waals surface area (Å²) in [4.78, 5) is 18.3. The zero-order chi connectivity index (χ0) is 18.8. The first kappa shape index (κ1) is 18.0. The van der Waals surface area contributed by atoms with Crippen molar-refractivity contribution in [3.63, 3.8) is 0 Å². The van der Waals surface area contributed by atoms with Gasteiger partial charge in [-0.05, 0) is 49.7 Å². The number of carbonyl (C=O) groups is 1. The number of likely N-dealkylation sites (tertiary alicyclic amines) is 1. The lowest BCUT2D eigenvalue weighted by molar-refractivity contribution is -0.143. The molecule has 5 nitrogen and oxygen atoms in total. The predicted molar refractivity (Wildman–Crippen MR) is 106 cm³/mol. The number of nitrogens with zero attached hydrogens (tertiary/aromatic N) is 3. The number of halogens is 1. The smallest absolute Gasteiger partial charge is 0.306 e. The third-order valence-corrected chi connectivity index (χ3v) is 5.51. The molecule has 1 saturated heterocycles. The average Bonchev–Trinajstić information content (AvgIpc) is 2.99. The van der Waals surface area contributed by atoms with Crippen LogP contribution in [0.1, 0.15) is 24.2 Å². The van der Waals surface area contributed by atoms with Crippen LogP contribution in [0.2, 0.25) is 5.02 Å². The zero-order valence-corrected chi connectivity index (χ0v) is 15.8. The van der Waals surface area contributed by atoms with Gasteiger partial charge < -0.3 is 9.67 Å². The van der Waals surface area contributed by atoms with E-state index < -0.39 is 5.97 Å². The van der Waals surface area contributed by atoms with E-state index in [1.54, 1.807) is 0 Å². The molecular weight excluding hydrogens is 362 g/mol. The van der Waals surface area contributed by atoms with Crippen molar-refractivity contribution >= 4 is 28.6 Å². The van der Waals surface area contributed by atoms with Crippen molar-refractivity contribution in [1.29, 1.82) is 0 Å². The summed E-state index contributed by atoms with van der Waals surface area (Å²) >= 11 is 6.16. The minimum Gasteiger partial charge on any atom is -0.481 e. The molecule has 0 bridgehead atoms. The lowest BCUT2D eigenvalue weighted by Gasteiger charge is -2.29. The van der Waals surface area contributed by atoms with Crippen molar-refractivity contribution in [2.45, 2.75) is 25.9 Å². The van der Waals surface area contributed by atoms with E-state index in [-0.39, 0.29) is 5.92 Å². The SMILES string of the molecule is O=C(O)C1CCN(Cc2nc3cc(Cl)ccc3n2Cc2ccccc2)CC1. The fourth-order valence-electron chi connectivity index (χ4n) is 3.75. The van der Waals surface area contributed by atoms with Crippen LogP contribution in [-0.2, 0) is 17.9 Å². The first-order valence-corrected chi connectivity index (χ1v) is 9.62. The molecule has 1 aliphatic heterocycles. The molecule has 6 heteroatoms. The van der Waals surface area contributed by atoms with Crippen molar-refractivity contribution in [2.75, 3.05) is 13.1 Å². The van der Waals surface area contributed by atoms with Crippen LogP contribution in [0.3, 0.4) is 0 Å². The second-order valence-electron chi connectivity index (χ2n) is 7.12. The maximum Gasteiger partial charge on any atom is 0.306 e. The summed E-state index contributed by atoms with van der Waals surface area (Å²) in [6, 6.07) is 16.2. The van der Waals surface area contributed by atoms with Crippen LogP contribution >= 0.6 is 11.6 Å². The summed E-state index contributed by atoms with van der Waals surface area (Å²) in [5, 5.41) is 9.88. The van der Waals surface area contributed by atoms with E-state index in [0.717, 1.165) is 36.5 Å². The molecule has 0 aliphatic carbocycles. The Morgan fingerprint density at radius 2 is 1.85 bits per heavy atom. The second-order valence-corrected chi connectivity index (χ2v) is 7.56. The highest BCUT2D eigenvalue weighted by Gasteiger charge is 2.25. The summed E-state index contributed by atoms with van der Waals surface area (Å²) in [5.74, 6) is 0.0914. The first-order valence-electron chi connectivity index (χ1n) is 9.24. The van der Waals surface area contributed by atoms with Gasteiger partial charge in [0.1, 0.15) is 5.82 Å². The number of fused-ring (bicyclic) bond motifs is 1. The molecule has 27 heavy (non-hydrogen) atoms. The molecule has 140 valence electrons. The topological polar surface area (TPSA) is 58.4 Å². The van der Waals surface area contributed by atoms with Crippen molar-refractivity contribution in [3.05, 3.63) is 64.9 Å². The number of rotatable bonds is 5. The van der Waals surface area contributed by atoms with Crippen LogP contribution in [0.15, 0.2) is 48.5 Å². The quantitative estimate of drug-likeness (QED) is 0.722. The molecule has 0 spiro atoms. The van der Waals surface area contributed by atoms with Gasteiger partial charge in [0, 0.05) is 11.6 Å². The number of piperidine rings is 1. The molecule has 0 unspecified atom stereocenters. The summed E-state index contributed by atoms with van der Waals surface area (Å²) < 4.78 is 2.24. The van der Waals surface area contributed by atoms with Crippen molar-refractivity contribution in [2.24, 2.45) is 5.92 Å². The Kier molecular flexibility index (Phi) is 5.14. The van der Waals surface area contributed by atoms with E-state index >= 15 is 0 Å². The summed E-state index contributed by atoms with van der Waals surface area (Å²) in [6.07, 6.45) is 1.39. The molecule has 1 N–H and O–H groups in total. The largest absolute Gasteiger partial charge is 0.481 e. The number of hydrogen-bond acceptors (Lipinski definition) is 3. The fourth-order valence-corrected chi connectivity index (χ4v) is 3.92. The Hall–Kier alpha value is -2.37. The van der Waals surface area contributed by atoms with Gasteiger partial charge in [-0.2, -0.15) is 0 Å². The molecule has 1 aliphatic rings. The first-order chi connectivity index (χ1) is 13.1. The molecular formula is C21H22ClN3O2. The number of carboxylic acid groups (broad SMARTS) is 1. The molecule has 4 rings (SSSR count). The van der Waals surface area contributed by atoms with Gasteiger partial charge in [0.15, 0.2) is 0 Å². The third-order valence-electron chi connectivity index (χ3n) is 5.27. The van der Waals surface area contributed by atoms with Gasteiger partial charge in [-0.25, -0.2) is 4.98 Å². The van der Waals surface area contributed by atoms with Crippen LogP contribution in [0, 0.1) is 5.92 Å². The Labute approximate surface area is 163 Å². The monoisotopic (exact) mass is 383 g/mol. The number of imidazole rings is 1. The van der Waals surface area contributed by atoms with Gasteiger partial charge >= 0.3 is 5.97 Å². The predicted octanol–water partition coefficient (Wildman–Crippen LogP) is 4.03. The van der Waals surface area contributed by atoms with Crippen molar-refractivity contribution < 1.29 is 9.90 Å². The lowest BCUT2D eigenvalue weighted by atomic mass is 9.97.